The van der Waals surface area contributed by atoms with Gasteiger partial charge in [-0.1, -0.05) is 60.7 Å². The molecule has 2 rings (SSSR count). The fourth-order valence-corrected chi connectivity index (χ4v) is 2.19. The van der Waals surface area contributed by atoms with Crippen molar-refractivity contribution < 1.29 is 4.79 Å². The predicted molar refractivity (Wildman–Crippen MR) is 81.4 cm³/mol. The van der Waals surface area contributed by atoms with Crippen LogP contribution in [0.15, 0.2) is 60.7 Å². The lowest BCUT2D eigenvalue weighted by atomic mass is 9.99. The van der Waals surface area contributed by atoms with Crippen LogP contribution in [0, 0.1) is 0 Å². The number of carbonyl (C=O) groups excluding carboxylic acids is 1. The molecule has 1 atom stereocenters. The lowest BCUT2D eigenvalue weighted by Crippen LogP contribution is -2.35. The molecule has 0 aliphatic rings. The summed E-state index contributed by atoms with van der Waals surface area (Å²) >= 11 is 0. The van der Waals surface area contributed by atoms with Gasteiger partial charge < -0.3 is 10.6 Å². The van der Waals surface area contributed by atoms with Crippen LogP contribution in [-0.4, -0.2) is 19.5 Å². The summed E-state index contributed by atoms with van der Waals surface area (Å²) in [6.45, 7) is 0.331. The quantitative estimate of drug-likeness (QED) is 0.844. The van der Waals surface area contributed by atoms with E-state index in [1.54, 1.807) is 7.05 Å². The molecule has 0 saturated carbocycles. The van der Waals surface area contributed by atoms with Crippen molar-refractivity contribution in [2.24, 2.45) is 0 Å². The normalized spacial score (nSPS) is 11.8. The van der Waals surface area contributed by atoms with Gasteiger partial charge in [0.2, 0.25) is 5.91 Å². The van der Waals surface area contributed by atoms with E-state index in [1.807, 2.05) is 48.5 Å². The maximum absolute atomic E-state index is 11.8. The van der Waals surface area contributed by atoms with Gasteiger partial charge in [-0.15, -0.1) is 0 Å². The molecule has 0 aliphatic heterocycles. The molecule has 0 radical (unpaired) electrons. The lowest BCUT2D eigenvalue weighted by molar-refractivity contribution is -0.120. The molecule has 3 nitrogen and oxygen atoms in total. The molecule has 2 aromatic carbocycles. The molecule has 2 aromatic rings. The van der Waals surface area contributed by atoms with Gasteiger partial charge in [0.05, 0.1) is 12.6 Å². The Morgan fingerprint density at radius 2 is 1.60 bits per heavy atom. The standard InChI is InChI=1S/C17H20N2O/c1-18-13-17(20)19-16(15-10-6-3-7-11-15)12-14-8-4-2-5-9-14/h2-11,16,18H,12-13H2,1H3,(H,19,20). The Bertz CT molecular complexity index is 525. The van der Waals surface area contributed by atoms with E-state index < -0.39 is 0 Å². The van der Waals surface area contributed by atoms with Crippen LogP contribution in [0.3, 0.4) is 0 Å². The van der Waals surface area contributed by atoms with Crippen LogP contribution in [0.4, 0.5) is 0 Å². The average Bonchev–Trinajstić information content (AvgIpc) is 2.49. The van der Waals surface area contributed by atoms with Gasteiger partial charge in [0.1, 0.15) is 0 Å². The van der Waals surface area contributed by atoms with Gasteiger partial charge in [-0.25, -0.2) is 0 Å². The number of likely N-dealkylation sites (N-methyl/N-ethyl adjacent to an activating group) is 1. The number of rotatable bonds is 6. The van der Waals surface area contributed by atoms with Crippen molar-refractivity contribution in [3.05, 3.63) is 71.8 Å². The largest absolute Gasteiger partial charge is 0.348 e. The highest BCUT2D eigenvalue weighted by Gasteiger charge is 2.14. The van der Waals surface area contributed by atoms with E-state index in [0.717, 1.165) is 12.0 Å². The van der Waals surface area contributed by atoms with Crippen molar-refractivity contribution in [1.29, 1.82) is 0 Å². The van der Waals surface area contributed by atoms with Gasteiger partial charge in [0.25, 0.3) is 0 Å². The lowest BCUT2D eigenvalue weighted by Gasteiger charge is -2.19. The molecule has 0 spiro atoms. The van der Waals surface area contributed by atoms with Crippen molar-refractivity contribution in [3.8, 4) is 0 Å². The molecule has 0 saturated heterocycles. The zero-order valence-corrected chi connectivity index (χ0v) is 11.7. The van der Waals surface area contributed by atoms with E-state index in [-0.39, 0.29) is 11.9 Å². The Labute approximate surface area is 120 Å². The molecule has 2 N–H and O–H groups in total. The average molecular weight is 268 g/mol. The van der Waals surface area contributed by atoms with Crippen LogP contribution in [0.25, 0.3) is 0 Å². The van der Waals surface area contributed by atoms with Gasteiger partial charge in [0, 0.05) is 0 Å². The van der Waals surface area contributed by atoms with Gasteiger partial charge in [-0.2, -0.15) is 0 Å². The van der Waals surface area contributed by atoms with E-state index >= 15 is 0 Å². The molecule has 1 amide bonds. The van der Waals surface area contributed by atoms with Crippen LogP contribution in [0.1, 0.15) is 17.2 Å². The summed E-state index contributed by atoms with van der Waals surface area (Å²) in [5, 5.41) is 5.96. The zero-order chi connectivity index (χ0) is 14.2. The van der Waals surface area contributed by atoms with Crippen LogP contribution < -0.4 is 10.6 Å². The summed E-state index contributed by atoms with van der Waals surface area (Å²) in [4.78, 5) is 11.8. The molecule has 104 valence electrons. The minimum absolute atomic E-state index is 0.000509. The van der Waals surface area contributed by atoms with Gasteiger partial charge >= 0.3 is 0 Å². The molecule has 20 heavy (non-hydrogen) atoms. The number of benzene rings is 2. The third-order valence-corrected chi connectivity index (χ3v) is 3.16. The van der Waals surface area contributed by atoms with Crippen molar-refractivity contribution in [2.75, 3.05) is 13.6 Å². The van der Waals surface area contributed by atoms with Crippen LogP contribution in [0.2, 0.25) is 0 Å². The summed E-state index contributed by atoms with van der Waals surface area (Å²) < 4.78 is 0. The predicted octanol–water partition coefficient (Wildman–Crippen LogP) is 2.31. The molecule has 0 aromatic heterocycles. The SMILES string of the molecule is CNCC(=O)NC(Cc1ccccc1)c1ccccc1. The second-order valence-electron chi connectivity index (χ2n) is 4.75. The Hall–Kier alpha value is -2.13. The van der Waals surface area contributed by atoms with Crippen LogP contribution >= 0.6 is 0 Å². The molecule has 0 aliphatic carbocycles. The maximum Gasteiger partial charge on any atom is 0.234 e. The highest BCUT2D eigenvalue weighted by molar-refractivity contribution is 5.78. The third kappa shape index (κ3) is 4.21. The Morgan fingerprint density at radius 3 is 2.20 bits per heavy atom. The van der Waals surface area contributed by atoms with Crippen molar-refractivity contribution in [1.82, 2.24) is 10.6 Å². The second-order valence-corrected chi connectivity index (χ2v) is 4.75. The van der Waals surface area contributed by atoms with Crippen molar-refractivity contribution in [3.63, 3.8) is 0 Å². The molecule has 0 heterocycles. The topological polar surface area (TPSA) is 41.1 Å². The van der Waals surface area contributed by atoms with E-state index in [0.29, 0.717) is 6.54 Å². The van der Waals surface area contributed by atoms with Gasteiger partial charge in [0.15, 0.2) is 0 Å². The van der Waals surface area contributed by atoms with Crippen LogP contribution in [-0.2, 0) is 11.2 Å². The molecule has 0 bridgehead atoms. The van der Waals surface area contributed by atoms with E-state index in [4.69, 9.17) is 0 Å². The summed E-state index contributed by atoms with van der Waals surface area (Å²) in [5.41, 5.74) is 2.34. The fourth-order valence-electron chi connectivity index (χ4n) is 2.19. The Morgan fingerprint density at radius 1 is 1.00 bits per heavy atom. The summed E-state index contributed by atoms with van der Waals surface area (Å²) in [7, 11) is 1.77. The minimum atomic E-state index is -0.000509. The molecule has 1 unspecified atom stereocenters. The zero-order valence-electron chi connectivity index (χ0n) is 11.7. The highest BCUT2D eigenvalue weighted by Crippen LogP contribution is 2.18. The minimum Gasteiger partial charge on any atom is -0.348 e. The smallest absolute Gasteiger partial charge is 0.234 e. The number of hydrogen-bond donors (Lipinski definition) is 2. The first kappa shape index (κ1) is 14.3. The maximum atomic E-state index is 11.8. The Kier molecular flexibility index (Phi) is 5.33. The number of nitrogens with one attached hydrogen (secondary N) is 2. The first-order valence-electron chi connectivity index (χ1n) is 6.82. The summed E-state index contributed by atoms with van der Waals surface area (Å²) in [6.07, 6.45) is 0.792. The fraction of sp³-hybridized carbons (Fsp3) is 0.235. The highest BCUT2D eigenvalue weighted by atomic mass is 16.1. The molecule has 0 fully saturated rings. The number of amides is 1. The monoisotopic (exact) mass is 268 g/mol. The second kappa shape index (κ2) is 7.46. The van der Waals surface area contributed by atoms with Gasteiger partial charge in [-0.05, 0) is 24.6 Å². The molecular formula is C17H20N2O. The van der Waals surface area contributed by atoms with Crippen LogP contribution in [0.5, 0.6) is 0 Å². The summed E-state index contributed by atoms with van der Waals surface area (Å²) in [5.74, 6) is 0.0114. The van der Waals surface area contributed by atoms with Crippen molar-refractivity contribution in [2.45, 2.75) is 12.5 Å². The summed E-state index contributed by atoms with van der Waals surface area (Å²) in [6, 6.07) is 20.3. The first-order valence-corrected chi connectivity index (χ1v) is 6.82. The number of carbonyl (C=O) groups is 1. The Balaban J connectivity index is 2.14. The van der Waals surface area contributed by atoms with Crippen molar-refractivity contribution >= 4 is 5.91 Å². The molecular weight excluding hydrogens is 248 g/mol. The third-order valence-electron chi connectivity index (χ3n) is 3.16. The molecule has 3 heteroatoms. The van der Waals surface area contributed by atoms with E-state index in [2.05, 4.69) is 22.8 Å². The first-order chi connectivity index (χ1) is 9.79. The van der Waals surface area contributed by atoms with E-state index in [9.17, 15) is 4.79 Å². The van der Waals surface area contributed by atoms with E-state index in [1.165, 1.54) is 5.56 Å². The van der Waals surface area contributed by atoms with Gasteiger partial charge in [-0.3, -0.25) is 4.79 Å². The number of hydrogen-bond acceptors (Lipinski definition) is 2.